The van der Waals surface area contributed by atoms with Gasteiger partial charge in [0.15, 0.2) is 5.16 Å². The molecule has 0 saturated heterocycles. The van der Waals surface area contributed by atoms with Crippen molar-refractivity contribution in [3.63, 3.8) is 0 Å². The summed E-state index contributed by atoms with van der Waals surface area (Å²) in [7, 11) is 1.95. The number of hydrogen-bond donors (Lipinski definition) is 1. The first-order chi connectivity index (χ1) is 12.1. The molecule has 0 atom stereocenters. The Kier molecular flexibility index (Phi) is 5.36. The molecule has 3 rings (SSSR count). The van der Waals surface area contributed by atoms with Gasteiger partial charge in [-0.1, -0.05) is 42.0 Å². The maximum Gasteiger partial charge on any atom is 0.248 e. The highest BCUT2D eigenvalue weighted by molar-refractivity contribution is 7.99. The molecule has 1 heterocycles. The Bertz CT molecular complexity index is 897. The van der Waals surface area contributed by atoms with Gasteiger partial charge in [-0.3, -0.25) is 4.79 Å². The normalized spacial score (nSPS) is 11.0. The Morgan fingerprint density at radius 1 is 1.16 bits per heavy atom. The van der Waals surface area contributed by atoms with Crippen LogP contribution in [0.1, 0.15) is 11.1 Å². The van der Waals surface area contributed by atoms with Crippen LogP contribution < -0.4 is 5.32 Å². The molecule has 0 aliphatic carbocycles. The molecule has 126 valence electrons. The highest BCUT2D eigenvalue weighted by atomic mass is 32.2. The third-order valence-corrected chi connectivity index (χ3v) is 4.78. The third-order valence-electron chi connectivity index (χ3n) is 3.63. The van der Waals surface area contributed by atoms with Crippen LogP contribution in [-0.2, 0) is 11.8 Å². The van der Waals surface area contributed by atoms with Crippen molar-refractivity contribution in [1.29, 1.82) is 0 Å². The molecule has 0 aliphatic heterocycles. The number of nitrogens with one attached hydrogen (secondary N) is 1. The summed E-state index contributed by atoms with van der Waals surface area (Å²) in [5.41, 5.74) is 2.97. The molecule has 0 fully saturated rings. The van der Waals surface area contributed by atoms with Crippen LogP contribution in [0, 0.1) is 6.92 Å². The Labute approximate surface area is 151 Å². The van der Waals surface area contributed by atoms with Crippen molar-refractivity contribution in [2.45, 2.75) is 17.0 Å². The lowest BCUT2D eigenvalue weighted by Gasteiger charge is -2.09. The summed E-state index contributed by atoms with van der Waals surface area (Å²) in [6, 6.07) is 15.7. The van der Waals surface area contributed by atoms with Crippen molar-refractivity contribution < 1.29 is 4.79 Å². The first kappa shape index (κ1) is 17.0. The van der Waals surface area contributed by atoms with Gasteiger partial charge in [-0.25, -0.2) is 4.98 Å². The summed E-state index contributed by atoms with van der Waals surface area (Å²) in [4.78, 5) is 17.5. The Hall–Kier alpha value is -2.79. The van der Waals surface area contributed by atoms with Gasteiger partial charge in [-0.15, -0.1) is 0 Å². The summed E-state index contributed by atoms with van der Waals surface area (Å²) in [6.45, 7) is 2.04. The average Bonchev–Trinajstić information content (AvgIpc) is 3.01. The van der Waals surface area contributed by atoms with Gasteiger partial charge >= 0.3 is 0 Å². The van der Waals surface area contributed by atoms with E-state index in [1.165, 1.54) is 17.3 Å². The van der Waals surface area contributed by atoms with Gasteiger partial charge in [0.25, 0.3) is 0 Å². The quantitative estimate of drug-likeness (QED) is 0.688. The van der Waals surface area contributed by atoms with Gasteiger partial charge in [0, 0.05) is 30.4 Å². The van der Waals surface area contributed by atoms with Crippen LogP contribution in [-0.4, -0.2) is 15.5 Å². The molecule has 4 nitrogen and oxygen atoms in total. The standard InChI is InChI=1S/C20H19N3OS/c1-15-7-9-16(10-8-15)11-12-19(24)22-17-5-3-4-6-18(17)25-20-21-13-14-23(20)2/h3-14H,1-2H3,(H,22,24). The van der Waals surface area contributed by atoms with Gasteiger partial charge in [0.05, 0.1) is 5.69 Å². The van der Waals surface area contributed by atoms with Gasteiger partial charge in [0.2, 0.25) is 5.91 Å². The molecule has 2 aromatic carbocycles. The van der Waals surface area contributed by atoms with Gasteiger partial charge in [-0.2, -0.15) is 0 Å². The van der Waals surface area contributed by atoms with Crippen molar-refractivity contribution in [2.24, 2.45) is 7.05 Å². The third kappa shape index (κ3) is 4.61. The van der Waals surface area contributed by atoms with E-state index in [4.69, 9.17) is 0 Å². The van der Waals surface area contributed by atoms with Gasteiger partial charge < -0.3 is 9.88 Å². The molecule has 1 aromatic heterocycles. The molecule has 0 spiro atoms. The summed E-state index contributed by atoms with van der Waals surface area (Å²) in [5.74, 6) is -0.159. The minimum absolute atomic E-state index is 0.159. The highest BCUT2D eigenvalue weighted by Crippen LogP contribution is 2.32. The number of amides is 1. The molecule has 0 saturated carbocycles. The molecule has 5 heteroatoms. The lowest BCUT2D eigenvalue weighted by Crippen LogP contribution is -2.08. The van der Waals surface area contributed by atoms with Crippen molar-refractivity contribution in [3.8, 4) is 0 Å². The van der Waals surface area contributed by atoms with Gasteiger partial charge in [-0.05, 0) is 42.5 Å². The molecule has 25 heavy (non-hydrogen) atoms. The van der Waals surface area contributed by atoms with Crippen LogP contribution in [0.5, 0.6) is 0 Å². The van der Waals surface area contributed by atoms with E-state index in [0.717, 1.165) is 21.3 Å². The summed E-state index contributed by atoms with van der Waals surface area (Å²) < 4.78 is 1.95. The number of aryl methyl sites for hydroxylation is 2. The van der Waals surface area contributed by atoms with Gasteiger partial charge in [0.1, 0.15) is 0 Å². The number of aromatic nitrogens is 2. The van der Waals surface area contributed by atoms with Crippen LogP contribution in [0.15, 0.2) is 77.1 Å². The topological polar surface area (TPSA) is 46.9 Å². The second-order valence-electron chi connectivity index (χ2n) is 5.65. The number of carbonyl (C=O) groups is 1. The maximum atomic E-state index is 12.2. The minimum Gasteiger partial charge on any atom is -0.329 e. The first-order valence-corrected chi connectivity index (χ1v) is 8.73. The lowest BCUT2D eigenvalue weighted by molar-refractivity contribution is -0.111. The lowest BCUT2D eigenvalue weighted by atomic mass is 10.1. The number of carbonyl (C=O) groups excluding carboxylic acids is 1. The number of hydrogen-bond acceptors (Lipinski definition) is 3. The molecule has 3 aromatic rings. The van der Waals surface area contributed by atoms with E-state index in [0.29, 0.717) is 0 Å². The number of para-hydroxylation sites is 1. The fraction of sp³-hybridized carbons (Fsp3) is 0.100. The molecule has 0 bridgehead atoms. The van der Waals surface area contributed by atoms with E-state index < -0.39 is 0 Å². The summed E-state index contributed by atoms with van der Waals surface area (Å²) >= 11 is 1.52. The molecule has 1 amide bonds. The Morgan fingerprint density at radius 3 is 2.64 bits per heavy atom. The van der Waals surface area contributed by atoms with E-state index in [1.54, 1.807) is 12.3 Å². The first-order valence-electron chi connectivity index (χ1n) is 7.92. The fourth-order valence-corrected chi connectivity index (χ4v) is 3.12. The maximum absolute atomic E-state index is 12.2. The highest BCUT2D eigenvalue weighted by Gasteiger charge is 2.08. The van der Waals surface area contributed by atoms with E-state index in [-0.39, 0.29) is 5.91 Å². The SMILES string of the molecule is Cc1ccc(C=CC(=O)Nc2ccccc2Sc2nccn2C)cc1. The smallest absolute Gasteiger partial charge is 0.248 e. The molecular weight excluding hydrogens is 330 g/mol. The number of anilines is 1. The molecule has 0 radical (unpaired) electrons. The fourth-order valence-electron chi connectivity index (χ4n) is 2.23. The van der Waals surface area contributed by atoms with E-state index in [2.05, 4.69) is 10.3 Å². The van der Waals surface area contributed by atoms with Crippen LogP contribution in [0.25, 0.3) is 6.08 Å². The van der Waals surface area contributed by atoms with Crippen molar-refractivity contribution in [3.05, 3.63) is 78.1 Å². The largest absolute Gasteiger partial charge is 0.329 e. The zero-order valence-corrected chi connectivity index (χ0v) is 15.0. The van der Waals surface area contributed by atoms with Crippen molar-refractivity contribution >= 4 is 29.4 Å². The zero-order valence-electron chi connectivity index (χ0n) is 14.1. The number of imidazole rings is 1. The molecule has 0 unspecified atom stereocenters. The zero-order chi connectivity index (χ0) is 17.6. The second-order valence-corrected chi connectivity index (χ2v) is 6.66. The summed E-state index contributed by atoms with van der Waals surface area (Å²) in [5, 5.41) is 3.81. The van der Waals surface area contributed by atoms with Crippen LogP contribution >= 0.6 is 11.8 Å². The van der Waals surface area contributed by atoms with E-state index >= 15 is 0 Å². The van der Waals surface area contributed by atoms with Crippen molar-refractivity contribution in [2.75, 3.05) is 5.32 Å². The Morgan fingerprint density at radius 2 is 1.92 bits per heavy atom. The molecule has 1 N–H and O–H groups in total. The predicted octanol–water partition coefficient (Wildman–Crippen LogP) is 4.53. The minimum atomic E-state index is -0.159. The van der Waals surface area contributed by atoms with Crippen molar-refractivity contribution in [1.82, 2.24) is 9.55 Å². The van der Waals surface area contributed by atoms with Crippen LogP contribution in [0.2, 0.25) is 0 Å². The van der Waals surface area contributed by atoms with Crippen LogP contribution in [0.4, 0.5) is 5.69 Å². The second kappa shape index (κ2) is 7.85. The van der Waals surface area contributed by atoms with E-state index in [1.807, 2.05) is 79.3 Å². The monoisotopic (exact) mass is 349 g/mol. The molecule has 0 aliphatic rings. The predicted molar refractivity (Wildman–Crippen MR) is 103 cm³/mol. The number of nitrogens with zero attached hydrogens (tertiary/aromatic N) is 2. The molecular formula is C20H19N3OS. The average molecular weight is 349 g/mol. The number of rotatable bonds is 5. The van der Waals surface area contributed by atoms with Crippen LogP contribution in [0.3, 0.4) is 0 Å². The van der Waals surface area contributed by atoms with E-state index in [9.17, 15) is 4.79 Å². The number of benzene rings is 2. The summed E-state index contributed by atoms with van der Waals surface area (Å²) in [6.07, 6.45) is 7.01. The Balaban J connectivity index is 1.71.